The SMILES string of the molecule is O=C(CSc1ccc2c(c1)CCC2)OCc1nnc(-c2ccc(Br)s2)o1. The summed E-state index contributed by atoms with van der Waals surface area (Å²) < 4.78 is 11.8. The molecule has 2 aromatic heterocycles. The summed E-state index contributed by atoms with van der Waals surface area (Å²) in [7, 11) is 0. The molecule has 1 aromatic carbocycles. The normalized spacial score (nSPS) is 13.0. The minimum atomic E-state index is -0.297. The average molecular weight is 451 g/mol. The molecule has 0 bridgehead atoms. The number of esters is 1. The zero-order valence-electron chi connectivity index (χ0n) is 13.7. The first kappa shape index (κ1) is 17.8. The molecule has 134 valence electrons. The molecule has 5 nitrogen and oxygen atoms in total. The Labute approximate surface area is 167 Å². The lowest BCUT2D eigenvalue weighted by molar-refractivity contribution is -0.142. The number of carbonyl (C=O) groups excluding carboxylic acids is 1. The lowest BCUT2D eigenvalue weighted by atomic mass is 10.1. The fraction of sp³-hybridized carbons (Fsp3) is 0.278. The largest absolute Gasteiger partial charge is 0.455 e. The van der Waals surface area contributed by atoms with Crippen molar-refractivity contribution in [1.82, 2.24) is 10.2 Å². The van der Waals surface area contributed by atoms with Gasteiger partial charge in [-0.2, -0.15) is 0 Å². The van der Waals surface area contributed by atoms with Crippen LogP contribution in [0.4, 0.5) is 0 Å². The summed E-state index contributed by atoms with van der Waals surface area (Å²) in [5.41, 5.74) is 2.84. The van der Waals surface area contributed by atoms with Crippen molar-refractivity contribution in [2.45, 2.75) is 30.8 Å². The van der Waals surface area contributed by atoms with E-state index < -0.39 is 0 Å². The van der Waals surface area contributed by atoms with Crippen molar-refractivity contribution in [3.05, 3.63) is 51.1 Å². The second-order valence-corrected chi connectivity index (χ2v) is 9.35. The maximum atomic E-state index is 12.0. The van der Waals surface area contributed by atoms with Crippen LogP contribution in [-0.4, -0.2) is 21.9 Å². The predicted molar refractivity (Wildman–Crippen MR) is 104 cm³/mol. The van der Waals surface area contributed by atoms with Gasteiger partial charge in [-0.25, -0.2) is 0 Å². The number of rotatable bonds is 6. The molecule has 1 aliphatic rings. The van der Waals surface area contributed by atoms with Gasteiger partial charge in [-0.05, 0) is 70.6 Å². The third-order valence-electron chi connectivity index (χ3n) is 4.03. The molecule has 26 heavy (non-hydrogen) atoms. The van der Waals surface area contributed by atoms with Crippen molar-refractivity contribution in [2.24, 2.45) is 0 Å². The molecule has 0 spiro atoms. The lowest BCUT2D eigenvalue weighted by Gasteiger charge is -2.05. The topological polar surface area (TPSA) is 65.2 Å². The Morgan fingerprint density at radius 3 is 2.96 bits per heavy atom. The van der Waals surface area contributed by atoms with E-state index in [4.69, 9.17) is 9.15 Å². The number of thiophene rings is 1. The fourth-order valence-corrected chi connectivity index (χ4v) is 4.87. The molecule has 0 fully saturated rings. The molecule has 4 rings (SSSR count). The molecule has 0 N–H and O–H groups in total. The van der Waals surface area contributed by atoms with E-state index in [-0.39, 0.29) is 18.3 Å². The molecule has 0 atom stereocenters. The summed E-state index contributed by atoms with van der Waals surface area (Å²) in [4.78, 5) is 13.9. The molecule has 1 aliphatic carbocycles. The summed E-state index contributed by atoms with van der Waals surface area (Å²) in [5, 5.41) is 7.90. The summed E-state index contributed by atoms with van der Waals surface area (Å²) in [6.45, 7) is -0.0108. The van der Waals surface area contributed by atoms with Gasteiger partial charge >= 0.3 is 5.97 Å². The van der Waals surface area contributed by atoms with Crippen molar-refractivity contribution in [3.63, 3.8) is 0 Å². The maximum Gasteiger partial charge on any atom is 0.316 e. The highest BCUT2D eigenvalue weighted by Gasteiger charge is 2.14. The standard InChI is InChI=1S/C18H15BrN2O3S2/c19-15-7-6-14(26-15)18-21-20-16(24-18)9-23-17(22)10-25-13-5-4-11-2-1-3-12(11)8-13/h4-8H,1-3,9-10H2. The number of carbonyl (C=O) groups is 1. The molecule has 2 heterocycles. The van der Waals surface area contributed by atoms with Gasteiger partial charge in [0.2, 0.25) is 0 Å². The smallest absolute Gasteiger partial charge is 0.316 e. The van der Waals surface area contributed by atoms with Gasteiger partial charge in [-0.1, -0.05) is 6.07 Å². The number of halogens is 1. The van der Waals surface area contributed by atoms with E-state index >= 15 is 0 Å². The summed E-state index contributed by atoms with van der Waals surface area (Å²) in [6, 6.07) is 10.2. The van der Waals surface area contributed by atoms with Crippen LogP contribution in [0.3, 0.4) is 0 Å². The van der Waals surface area contributed by atoms with Gasteiger partial charge in [0.25, 0.3) is 11.8 Å². The van der Waals surface area contributed by atoms with Crippen molar-refractivity contribution >= 4 is 45.0 Å². The number of nitrogens with zero attached hydrogens (tertiary/aromatic N) is 2. The number of hydrogen-bond acceptors (Lipinski definition) is 7. The molecule has 0 saturated heterocycles. The Kier molecular flexibility index (Phi) is 5.42. The average Bonchev–Trinajstić information content (AvgIpc) is 3.37. The van der Waals surface area contributed by atoms with Gasteiger partial charge in [0.05, 0.1) is 14.4 Å². The number of aromatic nitrogens is 2. The highest BCUT2D eigenvalue weighted by Crippen LogP contribution is 2.30. The number of ether oxygens (including phenoxy) is 1. The van der Waals surface area contributed by atoms with Gasteiger partial charge in [0.15, 0.2) is 6.61 Å². The minimum absolute atomic E-state index is 0.0108. The zero-order valence-corrected chi connectivity index (χ0v) is 17.0. The first-order chi connectivity index (χ1) is 12.7. The molecule has 3 aromatic rings. The first-order valence-corrected chi connectivity index (χ1v) is 10.8. The van der Waals surface area contributed by atoms with Crippen molar-refractivity contribution < 1.29 is 13.9 Å². The number of aryl methyl sites for hydroxylation is 2. The third-order valence-corrected chi connectivity index (χ3v) is 6.61. The van der Waals surface area contributed by atoms with Gasteiger partial charge in [-0.15, -0.1) is 33.3 Å². The van der Waals surface area contributed by atoms with E-state index in [1.165, 1.54) is 40.6 Å². The second kappa shape index (κ2) is 7.94. The Bertz CT molecular complexity index is 938. The molecular formula is C18H15BrN2O3S2. The number of fused-ring (bicyclic) bond motifs is 1. The molecule has 0 amide bonds. The van der Waals surface area contributed by atoms with Crippen LogP contribution >= 0.6 is 39.0 Å². The number of benzene rings is 1. The maximum absolute atomic E-state index is 12.0. The minimum Gasteiger partial charge on any atom is -0.455 e. The Hall–Kier alpha value is -1.64. The monoisotopic (exact) mass is 450 g/mol. The fourth-order valence-electron chi connectivity index (χ4n) is 2.80. The Balaban J connectivity index is 1.27. The number of hydrogen-bond donors (Lipinski definition) is 0. The zero-order chi connectivity index (χ0) is 17.9. The van der Waals surface area contributed by atoms with E-state index in [0.717, 1.165) is 26.4 Å². The van der Waals surface area contributed by atoms with Gasteiger partial charge in [0.1, 0.15) is 0 Å². The molecule has 0 radical (unpaired) electrons. The highest BCUT2D eigenvalue weighted by molar-refractivity contribution is 9.11. The highest BCUT2D eigenvalue weighted by atomic mass is 79.9. The van der Waals surface area contributed by atoms with Gasteiger partial charge in [-0.3, -0.25) is 4.79 Å². The molecule has 8 heteroatoms. The summed E-state index contributed by atoms with van der Waals surface area (Å²) >= 11 is 6.39. The first-order valence-electron chi connectivity index (χ1n) is 8.16. The second-order valence-electron chi connectivity index (χ2n) is 5.84. The molecular weight excluding hydrogens is 436 g/mol. The molecule has 0 saturated carbocycles. The Morgan fingerprint density at radius 2 is 2.12 bits per heavy atom. The van der Waals surface area contributed by atoms with Crippen molar-refractivity contribution in [3.8, 4) is 10.8 Å². The van der Waals surface area contributed by atoms with Crippen LogP contribution in [0.5, 0.6) is 0 Å². The third kappa shape index (κ3) is 4.19. The van der Waals surface area contributed by atoms with Crippen LogP contribution in [0.25, 0.3) is 10.8 Å². The number of thioether (sulfide) groups is 1. The van der Waals surface area contributed by atoms with E-state index in [0.29, 0.717) is 11.8 Å². The van der Waals surface area contributed by atoms with Gasteiger partial charge < -0.3 is 9.15 Å². The lowest BCUT2D eigenvalue weighted by Crippen LogP contribution is -2.07. The van der Waals surface area contributed by atoms with Crippen molar-refractivity contribution in [1.29, 1.82) is 0 Å². The van der Waals surface area contributed by atoms with E-state index in [9.17, 15) is 4.79 Å². The summed E-state index contributed by atoms with van der Waals surface area (Å²) in [6.07, 6.45) is 3.52. The quantitative estimate of drug-likeness (QED) is 0.393. The van der Waals surface area contributed by atoms with Crippen LogP contribution in [0, 0.1) is 0 Å². The summed E-state index contributed by atoms with van der Waals surface area (Å²) in [5.74, 6) is 0.686. The van der Waals surface area contributed by atoms with E-state index in [2.05, 4.69) is 44.3 Å². The predicted octanol–water partition coefficient (Wildman–Crippen LogP) is 4.88. The van der Waals surface area contributed by atoms with E-state index in [1.54, 1.807) is 0 Å². The molecule has 0 unspecified atom stereocenters. The van der Waals surface area contributed by atoms with Crippen molar-refractivity contribution in [2.75, 3.05) is 5.75 Å². The van der Waals surface area contributed by atoms with Crippen LogP contribution in [0.15, 0.2) is 43.4 Å². The van der Waals surface area contributed by atoms with Crippen LogP contribution in [-0.2, 0) is 29.0 Å². The van der Waals surface area contributed by atoms with E-state index in [1.807, 2.05) is 12.1 Å². The Morgan fingerprint density at radius 1 is 1.23 bits per heavy atom. The van der Waals surface area contributed by atoms with Gasteiger partial charge in [0, 0.05) is 4.90 Å². The van der Waals surface area contributed by atoms with Crippen LogP contribution in [0.2, 0.25) is 0 Å². The molecule has 0 aliphatic heterocycles. The van der Waals surface area contributed by atoms with Crippen LogP contribution in [0.1, 0.15) is 23.4 Å². The van der Waals surface area contributed by atoms with Crippen LogP contribution < -0.4 is 0 Å².